The van der Waals surface area contributed by atoms with Gasteiger partial charge in [-0.25, -0.2) is 4.79 Å². The molecule has 0 bridgehead atoms. The van der Waals surface area contributed by atoms with Crippen LogP contribution in [0.25, 0.3) is 11.0 Å². The summed E-state index contributed by atoms with van der Waals surface area (Å²) in [6.45, 7) is 10.4. The molecule has 0 spiro atoms. The van der Waals surface area contributed by atoms with E-state index in [2.05, 4.69) is 6.08 Å². The quantitative estimate of drug-likeness (QED) is 0.0732. The normalized spacial score (nSPS) is 19.6. The highest BCUT2D eigenvalue weighted by atomic mass is 16.7. The van der Waals surface area contributed by atoms with E-state index in [1.807, 2.05) is 57.2 Å². The first-order valence-corrected chi connectivity index (χ1v) is 17.4. The molecule has 5 atom stereocenters. The highest BCUT2D eigenvalue weighted by molar-refractivity contribution is 5.86. The van der Waals surface area contributed by atoms with Crippen LogP contribution in [-0.4, -0.2) is 67.8 Å². The molecular formula is C40H46O14. The number of ether oxygens (including phenoxy) is 8. The second-order valence-corrected chi connectivity index (χ2v) is 12.8. The van der Waals surface area contributed by atoms with Crippen LogP contribution in [0.4, 0.5) is 0 Å². The summed E-state index contributed by atoms with van der Waals surface area (Å²) in [5.74, 6) is -2.89. The van der Waals surface area contributed by atoms with E-state index < -0.39 is 66.8 Å². The van der Waals surface area contributed by atoms with Crippen LogP contribution in [0.1, 0.15) is 66.9 Å². The molecule has 2 aromatic carbocycles. The Balaban J connectivity index is 1.71. The van der Waals surface area contributed by atoms with Crippen LogP contribution in [-0.2, 0) is 49.5 Å². The molecule has 14 nitrogen and oxygen atoms in total. The lowest BCUT2D eigenvalue weighted by molar-refractivity contribution is -0.288. The standard InChI is InChI=1S/C40H46O14/c1-23(2)12-11-13-24(3)18-19-46-37-34(48-21-29-14-9-8-10-15-29)31-17-16-30(20-32(31)53-39(37)45)52-40-38(51-28(7)44)36(50-27(6)43)35(49-26(5)42)33(54-40)22-47-25(4)41/h8-10,12,14-18,20,33,35-36,38,40H,11,13,19,21-22H2,1-7H3/t33-,35-,36+,38+,40+/m1/s1. The van der Waals surface area contributed by atoms with E-state index in [0.717, 1.165) is 44.7 Å². The fourth-order valence-corrected chi connectivity index (χ4v) is 5.58. The van der Waals surface area contributed by atoms with Crippen molar-refractivity contribution >= 4 is 34.8 Å². The van der Waals surface area contributed by atoms with E-state index >= 15 is 0 Å². The summed E-state index contributed by atoms with van der Waals surface area (Å²) in [6.07, 6.45) is -1.21. The fourth-order valence-electron chi connectivity index (χ4n) is 5.58. The second-order valence-electron chi connectivity index (χ2n) is 12.8. The third-order valence-corrected chi connectivity index (χ3v) is 7.97. The van der Waals surface area contributed by atoms with Gasteiger partial charge in [0.2, 0.25) is 18.1 Å². The third kappa shape index (κ3) is 12.0. The Kier molecular flexibility index (Phi) is 14.8. The maximum Gasteiger partial charge on any atom is 0.383 e. The number of carbonyl (C=O) groups is 4. The van der Waals surface area contributed by atoms with E-state index in [9.17, 15) is 24.0 Å². The Hall–Kier alpha value is -5.63. The Morgan fingerprint density at radius 2 is 1.41 bits per heavy atom. The molecule has 0 amide bonds. The molecule has 0 radical (unpaired) electrons. The average molecular weight is 751 g/mol. The number of hydrogen-bond acceptors (Lipinski definition) is 14. The van der Waals surface area contributed by atoms with Crippen molar-refractivity contribution in [3.63, 3.8) is 0 Å². The van der Waals surface area contributed by atoms with Crippen LogP contribution in [0.15, 0.2) is 81.0 Å². The second kappa shape index (κ2) is 19.4. The van der Waals surface area contributed by atoms with Gasteiger partial charge in [0.25, 0.3) is 0 Å². The number of carbonyl (C=O) groups excluding carboxylic acids is 4. The summed E-state index contributed by atoms with van der Waals surface area (Å²) >= 11 is 0. The van der Waals surface area contributed by atoms with Gasteiger partial charge in [-0.15, -0.1) is 0 Å². The van der Waals surface area contributed by atoms with Crippen LogP contribution in [0.5, 0.6) is 17.2 Å². The lowest BCUT2D eigenvalue weighted by Gasteiger charge is -2.43. The number of rotatable bonds is 16. The van der Waals surface area contributed by atoms with Gasteiger partial charge in [-0.2, -0.15) is 0 Å². The van der Waals surface area contributed by atoms with Gasteiger partial charge in [0.15, 0.2) is 18.0 Å². The third-order valence-electron chi connectivity index (χ3n) is 7.97. The zero-order valence-electron chi connectivity index (χ0n) is 31.4. The van der Waals surface area contributed by atoms with Gasteiger partial charge in [-0.05, 0) is 57.4 Å². The zero-order chi connectivity index (χ0) is 39.4. The predicted molar refractivity (Wildman–Crippen MR) is 194 cm³/mol. The van der Waals surface area contributed by atoms with Crippen LogP contribution in [0.3, 0.4) is 0 Å². The molecule has 0 saturated carbocycles. The maximum atomic E-state index is 13.4. The van der Waals surface area contributed by atoms with Crippen LogP contribution >= 0.6 is 0 Å². The summed E-state index contributed by atoms with van der Waals surface area (Å²) < 4.78 is 51.6. The molecule has 1 aliphatic heterocycles. The highest BCUT2D eigenvalue weighted by Crippen LogP contribution is 2.37. The van der Waals surface area contributed by atoms with Crippen molar-refractivity contribution in [2.45, 2.75) is 98.6 Å². The minimum Gasteiger partial charge on any atom is -0.484 e. The van der Waals surface area contributed by atoms with Crippen LogP contribution < -0.4 is 19.8 Å². The maximum absolute atomic E-state index is 13.4. The number of allylic oxidation sites excluding steroid dienone is 3. The SMILES string of the molecule is CC(=O)OC[C@H]1O[C@H](Oc2ccc3c(OCc4ccccc4)c(OCC=C(C)CCC=C(C)C)c(=O)oc3c2)[C@@H](OC(C)=O)[C@@H](OC(C)=O)[C@@H]1OC(C)=O. The van der Waals surface area contributed by atoms with Crippen molar-refractivity contribution in [3.05, 3.63) is 87.8 Å². The summed E-state index contributed by atoms with van der Waals surface area (Å²) in [6, 6.07) is 13.9. The van der Waals surface area contributed by atoms with Crippen molar-refractivity contribution < 1.29 is 61.5 Å². The molecule has 54 heavy (non-hydrogen) atoms. The Morgan fingerprint density at radius 3 is 2.06 bits per heavy atom. The first-order valence-electron chi connectivity index (χ1n) is 17.4. The molecule has 0 N–H and O–H groups in total. The molecule has 3 aromatic rings. The molecule has 0 unspecified atom stereocenters. The number of fused-ring (bicyclic) bond motifs is 1. The first-order chi connectivity index (χ1) is 25.7. The van der Waals surface area contributed by atoms with Crippen LogP contribution in [0, 0.1) is 0 Å². The lowest BCUT2D eigenvalue weighted by Crippen LogP contribution is -2.63. The molecule has 1 fully saturated rings. The monoisotopic (exact) mass is 750 g/mol. The van der Waals surface area contributed by atoms with E-state index in [1.165, 1.54) is 24.6 Å². The fraction of sp³-hybridized carbons (Fsp3) is 0.425. The Labute approximate surface area is 312 Å². The van der Waals surface area contributed by atoms with E-state index in [0.29, 0.717) is 5.39 Å². The van der Waals surface area contributed by atoms with Gasteiger partial charge >= 0.3 is 29.5 Å². The largest absolute Gasteiger partial charge is 0.484 e. The predicted octanol–water partition coefficient (Wildman–Crippen LogP) is 5.91. The van der Waals surface area contributed by atoms with Crippen molar-refractivity contribution in [1.82, 2.24) is 0 Å². The Bertz CT molecular complexity index is 1910. The molecule has 4 rings (SSSR count). The van der Waals surface area contributed by atoms with E-state index in [4.69, 9.17) is 42.3 Å². The first kappa shape index (κ1) is 41.1. The average Bonchev–Trinajstić information content (AvgIpc) is 3.09. The molecule has 1 saturated heterocycles. The van der Waals surface area contributed by atoms with Gasteiger partial charge in [-0.1, -0.05) is 47.6 Å². The van der Waals surface area contributed by atoms with Gasteiger partial charge in [-0.3, -0.25) is 19.2 Å². The molecular weight excluding hydrogens is 704 g/mol. The molecule has 14 heteroatoms. The zero-order valence-corrected chi connectivity index (χ0v) is 31.4. The molecule has 0 aliphatic carbocycles. The van der Waals surface area contributed by atoms with E-state index in [1.54, 1.807) is 6.07 Å². The van der Waals surface area contributed by atoms with Crippen molar-refractivity contribution in [2.24, 2.45) is 0 Å². The van der Waals surface area contributed by atoms with Gasteiger partial charge in [0, 0.05) is 33.8 Å². The minimum absolute atomic E-state index is 0.0620. The highest BCUT2D eigenvalue weighted by Gasteiger charge is 2.53. The van der Waals surface area contributed by atoms with Gasteiger partial charge in [0.05, 0.1) is 5.39 Å². The van der Waals surface area contributed by atoms with Gasteiger partial charge < -0.3 is 42.3 Å². The number of esters is 4. The smallest absolute Gasteiger partial charge is 0.383 e. The number of benzene rings is 2. The summed E-state index contributed by atoms with van der Waals surface area (Å²) in [4.78, 5) is 61.7. The molecule has 290 valence electrons. The summed E-state index contributed by atoms with van der Waals surface area (Å²) in [5.41, 5.74) is 2.44. The number of hydrogen-bond donors (Lipinski definition) is 0. The lowest BCUT2D eigenvalue weighted by atomic mass is 9.98. The molecule has 1 aliphatic rings. The van der Waals surface area contributed by atoms with Crippen LogP contribution in [0.2, 0.25) is 0 Å². The molecule has 1 aromatic heterocycles. The van der Waals surface area contributed by atoms with Crippen molar-refractivity contribution in [2.75, 3.05) is 13.2 Å². The van der Waals surface area contributed by atoms with E-state index in [-0.39, 0.29) is 36.0 Å². The molecule has 2 heterocycles. The summed E-state index contributed by atoms with van der Waals surface area (Å²) in [5, 5.41) is 0.388. The van der Waals surface area contributed by atoms with Crippen molar-refractivity contribution in [1.29, 1.82) is 0 Å². The minimum atomic E-state index is -1.50. The van der Waals surface area contributed by atoms with Gasteiger partial charge in [0.1, 0.15) is 37.3 Å². The topological polar surface area (TPSA) is 172 Å². The van der Waals surface area contributed by atoms with Crippen molar-refractivity contribution in [3.8, 4) is 17.2 Å². The summed E-state index contributed by atoms with van der Waals surface area (Å²) in [7, 11) is 0. The Morgan fingerprint density at radius 1 is 0.741 bits per heavy atom.